The van der Waals surface area contributed by atoms with Crippen molar-refractivity contribution in [1.82, 2.24) is 10.2 Å². The van der Waals surface area contributed by atoms with Crippen molar-refractivity contribution >= 4 is 5.69 Å². The molecular formula is C18H33N3. The van der Waals surface area contributed by atoms with E-state index in [2.05, 4.69) is 74.2 Å². The van der Waals surface area contributed by atoms with Crippen molar-refractivity contribution in [3.8, 4) is 0 Å². The first kappa shape index (κ1) is 18.0. The fourth-order valence-corrected chi connectivity index (χ4v) is 2.32. The van der Waals surface area contributed by atoms with E-state index < -0.39 is 0 Å². The van der Waals surface area contributed by atoms with E-state index in [1.807, 2.05) is 0 Å². The number of nitrogens with zero attached hydrogens (tertiary/aromatic N) is 2. The molecule has 0 atom stereocenters. The smallest absolute Gasteiger partial charge is 0.0366 e. The van der Waals surface area contributed by atoms with Gasteiger partial charge >= 0.3 is 0 Å². The summed E-state index contributed by atoms with van der Waals surface area (Å²) < 4.78 is 0. The molecule has 0 aliphatic rings. The molecule has 1 N–H and O–H groups in total. The van der Waals surface area contributed by atoms with Crippen LogP contribution in [0.3, 0.4) is 0 Å². The van der Waals surface area contributed by atoms with Gasteiger partial charge in [0, 0.05) is 31.9 Å². The largest absolute Gasteiger partial charge is 0.370 e. The Bertz CT molecular complexity index is 371. The standard InChI is InChI=1S/C18H33N3/c1-6-11-19-14-17-7-9-18(10-8-17)21(15-16(2)3)13-12-20(4)5/h7-10,16,19H,6,11-15H2,1-5H3. The fraction of sp³-hybridized carbons (Fsp3) is 0.667. The molecule has 21 heavy (non-hydrogen) atoms. The molecule has 1 aromatic rings. The first-order chi connectivity index (χ1) is 10.0. The molecule has 0 aromatic heterocycles. The van der Waals surface area contributed by atoms with Crippen LogP contribution in [0, 0.1) is 5.92 Å². The number of rotatable bonds is 10. The van der Waals surface area contributed by atoms with E-state index >= 15 is 0 Å². The van der Waals surface area contributed by atoms with Crippen LogP contribution in [0.2, 0.25) is 0 Å². The second-order valence-corrected chi connectivity index (χ2v) is 6.49. The summed E-state index contributed by atoms with van der Waals surface area (Å²) >= 11 is 0. The van der Waals surface area contributed by atoms with Crippen molar-refractivity contribution in [2.45, 2.75) is 33.7 Å². The summed E-state index contributed by atoms with van der Waals surface area (Å²) in [6.07, 6.45) is 1.19. The normalized spacial score (nSPS) is 11.4. The minimum absolute atomic E-state index is 0.679. The minimum Gasteiger partial charge on any atom is -0.370 e. The zero-order valence-electron chi connectivity index (χ0n) is 14.5. The van der Waals surface area contributed by atoms with Gasteiger partial charge < -0.3 is 15.1 Å². The SMILES string of the molecule is CCCNCc1ccc(N(CCN(C)C)CC(C)C)cc1. The topological polar surface area (TPSA) is 18.5 Å². The van der Waals surface area contributed by atoms with Gasteiger partial charge in [0.2, 0.25) is 0 Å². The second kappa shape index (κ2) is 9.80. The Balaban J connectivity index is 2.64. The van der Waals surface area contributed by atoms with Gasteiger partial charge in [-0.1, -0.05) is 32.9 Å². The van der Waals surface area contributed by atoms with Gasteiger partial charge in [-0.25, -0.2) is 0 Å². The van der Waals surface area contributed by atoms with Gasteiger partial charge in [0.25, 0.3) is 0 Å². The molecule has 0 aliphatic carbocycles. The zero-order chi connectivity index (χ0) is 15.7. The fourth-order valence-electron chi connectivity index (χ4n) is 2.32. The Hall–Kier alpha value is -1.06. The Kier molecular flexibility index (Phi) is 8.40. The molecule has 1 rings (SSSR count). The van der Waals surface area contributed by atoms with Crippen molar-refractivity contribution in [2.75, 3.05) is 45.2 Å². The van der Waals surface area contributed by atoms with Crippen LogP contribution < -0.4 is 10.2 Å². The lowest BCUT2D eigenvalue weighted by Crippen LogP contribution is -2.34. The van der Waals surface area contributed by atoms with Gasteiger partial charge in [-0.2, -0.15) is 0 Å². The molecule has 3 nitrogen and oxygen atoms in total. The molecule has 0 unspecified atom stereocenters. The Morgan fingerprint density at radius 2 is 1.71 bits per heavy atom. The maximum Gasteiger partial charge on any atom is 0.0366 e. The predicted octanol–water partition coefficient (Wildman–Crippen LogP) is 3.21. The van der Waals surface area contributed by atoms with E-state index in [-0.39, 0.29) is 0 Å². The van der Waals surface area contributed by atoms with E-state index in [0.717, 1.165) is 32.7 Å². The van der Waals surface area contributed by atoms with Gasteiger partial charge in [0.1, 0.15) is 0 Å². The number of likely N-dealkylation sites (N-methyl/N-ethyl adjacent to an activating group) is 1. The average molecular weight is 291 g/mol. The average Bonchev–Trinajstić information content (AvgIpc) is 2.44. The highest BCUT2D eigenvalue weighted by molar-refractivity contribution is 5.47. The highest BCUT2D eigenvalue weighted by Crippen LogP contribution is 2.17. The molecular weight excluding hydrogens is 258 g/mol. The molecule has 0 bridgehead atoms. The van der Waals surface area contributed by atoms with E-state index in [9.17, 15) is 0 Å². The quantitative estimate of drug-likeness (QED) is 0.668. The van der Waals surface area contributed by atoms with Gasteiger partial charge in [-0.05, 0) is 50.7 Å². The summed E-state index contributed by atoms with van der Waals surface area (Å²) in [7, 11) is 4.27. The molecule has 120 valence electrons. The van der Waals surface area contributed by atoms with Crippen LogP contribution >= 0.6 is 0 Å². The van der Waals surface area contributed by atoms with Crippen molar-refractivity contribution in [2.24, 2.45) is 5.92 Å². The number of hydrogen-bond donors (Lipinski definition) is 1. The van der Waals surface area contributed by atoms with Crippen LogP contribution in [-0.2, 0) is 6.54 Å². The Labute approximate surface area is 131 Å². The summed E-state index contributed by atoms with van der Waals surface area (Å²) in [4.78, 5) is 4.74. The van der Waals surface area contributed by atoms with Crippen LogP contribution in [0.4, 0.5) is 5.69 Å². The number of anilines is 1. The van der Waals surface area contributed by atoms with Gasteiger partial charge in [0.05, 0.1) is 0 Å². The summed E-state index contributed by atoms with van der Waals surface area (Å²) in [6.45, 7) is 12.1. The zero-order valence-corrected chi connectivity index (χ0v) is 14.5. The molecule has 0 radical (unpaired) electrons. The maximum absolute atomic E-state index is 3.45. The van der Waals surface area contributed by atoms with Crippen LogP contribution in [-0.4, -0.2) is 45.2 Å². The van der Waals surface area contributed by atoms with Gasteiger partial charge in [0.15, 0.2) is 0 Å². The van der Waals surface area contributed by atoms with E-state index in [4.69, 9.17) is 0 Å². The molecule has 1 aromatic carbocycles. The van der Waals surface area contributed by atoms with Crippen LogP contribution in [0.5, 0.6) is 0 Å². The molecule has 0 saturated carbocycles. The number of nitrogens with one attached hydrogen (secondary N) is 1. The molecule has 3 heteroatoms. The number of hydrogen-bond acceptors (Lipinski definition) is 3. The van der Waals surface area contributed by atoms with Crippen molar-refractivity contribution < 1.29 is 0 Å². The Morgan fingerprint density at radius 1 is 1.05 bits per heavy atom. The van der Waals surface area contributed by atoms with Crippen LogP contribution in [0.25, 0.3) is 0 Å². The summed E-state index contributed by atoms with van der Waals surface area (Å²) in [5.74, 6) is 0.679. The molecule has 0 aliphatic heterocycles. The lowest BCUT2D eigenvalue weighted by molar-refractivity contribution is 0.409. The Morgan fingerprint density at radius 3 is 2.24 bits per heavy atom. The van der Waals surface area contributed by atoms with E-state index in [0.29, 0.717) is 5.92 Å². The minimum atomic E-state index is 0.679. The highest BCUT2D eigenvalue weighted by atomic mass is 15.2. The third-order valence-electron chi connectivity index (χ3n) is 3.46. The highest BCUT2D eigenvalue weighted by Gasteiger charge is 2.09. The third-order valence-corrected chi connectivity index (χ3v) is 3.46. The van der Waals surface area contributed by atoms with Crippen molar-refractivity contribution in [1.29, 1.82) is 0 Å². The summed E-state index contributed by atoms with van der Waals surface area (Å²) in [5, 5.41) is 3.45. The van der Waals surface area contributed by atoms with Crippen LogP contribution in [0.1, 0.15) is 32.8 Å². The van der Waals surface area contributed by atoms with E-state index in [1.165, 1.54) is 17.7 Å². The monoisotopic (exact) mass is 291 g/mol. The van der Waals surface area contributed by atoms with E-state index in [1.54, 1.807) is 0 Å². The molecule has 0 spiro atoms. The molecule has 0 fully saturated rings. The summed E-state index contributed by atoms with van der Waals surface area (Å²) in [5.41, 5.74) is 2.70. The number of benzene rings is 1. The third kappa shape index (κ3) is 7.49. The van der Waals surface area contributed by atoms with Gasteiger partial charge in [-0.15, -0.1) is 0 Å². The molecule has 0 saturated heterocycles. The second-order valence-electron chi connectivity index (χ2n) is 6.49. The van der Waals surface area contributed by atoms with Crippen molar-refractivity contribution in [3.05, 3.63) is 29.8 Å². The maximum atomic E-state index is 3.45. The molecule has 0 heterocycles. The first-order valence-corrected chi connectivity index (χ1v) is 8.22. The predicted molar refractivity (Wildman–Crippen MR) is 94.0 cm³/mol. The lowest BCUT2D eigenvalue weighted by Gasteiger charge is -2.28. The van der Waals surface area contributed by atoms with Crippen LogP contribution in [0.15, 0.2) is 24.3 Å². The van der Waals surface area contributed by atoms with Gasteiger partial charge in [-0.3, -0.25) is 0 Å². The molecule has 0 amide bonds. The van der Waals surface area contributed by atoms with Crippen molar-refractivity contribution in [3.63, 3.8) is 0 Å². The first-order valence-electron chi connectivity index (χ1n) is 8.22. The summed E-state index contributed by atoms with van der Waals surface area (Å²) in [6, 6.07) is 9.03. The lowest BCUT2D eigenvalue weighted by atomic mass is 10.1.